The minimum atomic E-state index is 0.394. The van der Waals surface area contributed by atoms with E-state index in [-0.39, 0.29) is 0 Å². The monoisotopic (exact) mass is 273 g/mol. The van der Waals surface area contributed by atoms with E-state index in [2.05, 4.69) is 38.0 Å². The highest BCUT2D eigenvalue weighted by Crippen LogP contribution is 2.35. The zero-order valence-corrected chi connectivity index (χ0v) is 12.9. The van der Waals surface area contributed by atoms with E-state index < -0.39 is 0 Å². The van der Waals surface area contributed by atoms with Crippen molar-refractivity contribution >= 4 is 5.69 Å². The van der Waals surface area contributed by atoms with Crippen molar-refractivity contribution in [2.24, 2.45) is 7.05 Å². The Morgan fingerprint density at radius 2 is 2.05 bits per heavy atom. The molecule has 0 saturated heterocycles. The molecule has 4 heteroatoms. The molecule has 20 heavy (non-hydrogen) atoms. The highest BCUT2D eigenvalue weighted by Gasteiger charge is 2.16. The number of aromatic nitrogens is 2. The van der Waals surface area contributed by atoms with Crippen molar-refractivity contribution in [3.63, 3.8) is 0 Å². The lowest BCUT2D eigenvalue weighted by Crippen LogP contribution is -2.00. The standard InChI is InChI=1S/C16H23N3O/c1-6-13-15(17)16(19(5)18-13)20-14-9-11(4)7-8-12(14)10(2)3/h7-10H,6,17H2,1-5H3. The summed E-state index contributed by atoms with van der Waals surface area (Å²) in [5, 5.41) is 4.39. The van der Waals surface area contributed by atoms with E-state index in [1.54, 1.807) is 4.68 Å². The zero-order valence-electron chi connectivity index (χ0n) is 12.9. The molecule has 0 spiro atoms. The van der Waals surface area contributed by atoms with Gasteiger partial charge in [-0.3, -0.25) is 0 Å². The molecule has 4 nitrogen and oxygen atoms in total. The third-order valence-corrected chi connectivity index (χ3v) is 3.44. The van der Waals surface area contributed by atoms with Gasteiger partial charge in [0.05, 0.1) is 5.69 Å². The zero-order chi connectivity index (χ0) is 14.9. The minimum absolute atomic E-state index is 0.394. The van der Waals surface area contributed by atoms with E-state index in [0.29, 0.717) is 17.5 Å². The molecule has 1 aromatic carbocycles. The van der Waals surface area contributed by atoms with E-state index in [0.717, 1.165) is 17.9 Å². The minimum Gasteiger partial charge on any atom is -0.437 e. The number of rotatable bonds is 4. The second-order valence-corrected chi connectivity index (χ2v) is 5.44. The molecule has 0 fully saturated rings. The van der Waals surface area contributed by atoms with Crippen molar-refractivity contribution in [3.8, 4) is 11.6 Å². The molecule has 1 heterocycles. The summed E-state index contributed by atoms with van der Waals surface area (Å²) in [6.45, 7) is 8.40. The molecule has 0 radical (unpaired) electrons. The van der Waals surface area contributed by atoms with Gasteiger partial charge in [-0.05, 0) is 36.5 Å². The van der Waals surface area contributed by atoms with Crippen LogP contribution in [0.4, 0.5) is 5.69 Å². The van der Waals surface area contributed by atoms with Gasteiger partial charge in [0, 0.05) is 7.05 Å². The highest BCUT2D eigenvalue weighted by molar-refractivity contribution is 5.55. The van der Waals surface area contributed by atoms with Crippen LogP contribution in [0.25, 0.3) is 0 Å². The van der Waals surface area contributed by atoms with Crippen LogP contribution in [0.3, 0.4) is 0 Å². The summed E-state index contributed by atoms with van der Waals surface area (Å²) in [5.41, 5.74) is 9.97. The van der Waals surface area contributed by atoms with Crippen LogP contribution in [0.5, 0.6) is 11.6 Å². The van der Waals surface area contributed by atoms with Crippen molar-refractivity contribution in [2.45, 2.75) is 40.0 Å². The number of hydrogen-bond donors (Lipinski definition) is 1. The molecule has 0 unspecified atom stereocenters. The van der Waals surface area contributed by atoms with Crippen molar-refractivity contribution in [1.29, 1.82) is 0 Å². The first-order chi connectivity index (χ1) is 9.43. The van der Waals surface area contributed by atoms with E-state index in [1.807, 2.05) is 20.0 Å². The summed E-state index contributed by atoms with van der Waals surface area (Å²) < 4.78 is 7.78. The van der Waals surface area contributed by atoms with Gasteiger partial charge >= 0.3 is 0 Å². The van der Waals surface area contributed by atoms with Gasteiger partial charge in [0.2, 0.25) is 5.88 Å². The van der Waals surface area contributed by atoms with Gasteiger partial charge in [-0.25, -0.2) is 4.68 Å². The summed E-state index contributed by atoms with van der Waals surface area (Å²) in [6, 6.07) is 6.27. The van der Waals surface area contributed by atoms with E-state index >= 15 is 0 Å². The molecule has 0 saturated carbocycles. The smallest absolute Gasteiger partial charge is 0.241 e. The van der Waals surface area contributed by atoms with Crippen molar-refractivity contribution in [2.75, 3.05) is 5.73 Å². The van der Waals surface area contributed by atoms with Gasteiger partial charge in [0.1, 0.15) is 11.4 Å². The Hall–Kier alpha value is -1.97. The molecule has 1 aromatic heterocycles. The molecular formula is C16H23N3O. The quantitative estimate of drug-likeness (QED) is 0.922. The molecule has 0 amide bonds. The third-order valence-electron chi connectivity index (χ3n) is 3.44. The predicted octanol–water partition coefficient (Wildman–Crippen LogP) is 3.79. The lowest BCUT2D eigenvalue weighted by molar-refractivity contribution is 0.425. The molecule has 0 aliphatic carbocycles. The number of nitrogen functional groups attached to an aromatic ring is 1. The van der Waals surface area contributed by atoms with Crippen LogP contribution in [-0.4, -0.2) is 9.78 Å². The Kier molecular flexibility index (Phi) is 4.02. The summed E-state index contributed by atoms with van der Waals surface area (Å²) in [5.74, 6) is 1.87. The number of benzene rings is 1. The average molecular weight is 273 g/mol. The Bertz CT molecular complexity index is 614. The average Bonchev–Trinajstić information content (AvgIpc) is 2.66. The maximum atomic E-state index is 6.12. The number of anilines is 1. The lowest BCUT2D eigenvalue weighted by Gasteiger charge is -2.15. The van der Waals surface area contributed by atoms with Gasteiger partial charge in [0.25, 0.3) is 0 Å². The maximum Gasteiger partial charge on any atom is 0.241 e. The molecule has 2 rings (SSSR count). The Morgan fingerprint density at radius 1 is 1.35 bits per heavy atom. The van der Waals surface area contributed by atoms with E-state index in [9.17, 15) is 0 Å². The van der Waals surface area contributed by atoms with Crippen LogP contribution in [0.15, 0.2) is 18.2 Å². The van der Waals surface area contributed by atoms with Gasteiger partial charge in [-0.15, -0.1) is 0 Å². The second-order valence-electron chi connectivity index (χ2n) is 5.44. The van der Waals surface area contributed by atoms with Gasteiger partial charge < -0.3 is 10.5 Å². The molecule has 108 valence electrons. The summed E-state index contributed by atoms with van der Waals surface area (Å²) in [4.78, 5) is 0. The third kappa shape index (κ3) is 2.64. The van der Waals surface area contributed by atoms with E-state index in [4.69, 9.17) is 10.5 Å². The molecular weight excluding hydrogens is 250 g/mol. The van der Waals surface area contributed by atoms with Crippen LogP contribution in [0.2, 0.25) is 0 Å². The Labute approximate surface area is 120 Å². The normalized spacial score (nSPS) is 11.1. The first-order valence-electron chi connectivity index (χ1n) is 7.03. The number of nitrogens with two attached hydrogens (primary N) is 1. The molecule has 0 aliphatic rings. The number of ether oxygens (including phenoxy) is 1. The van der Waals surface area contributed by atoms with Crippen molar-refractivity contribution in [3.05, 3.63) is 35.0 Å². The van der Waals surface area contributed by atoms with Gasteiger partial charge in [0.15, 0.2) is 0 Å². The number of aryl methyl sites for hydroxylation is 3. The first kappa shape index (κ1) is 14.4. The van der Waals surface area contributed by atoms with E-state index in [1.165, 1.54) is 11.1 Å². The lowest BCUT2D eigenvalue weighted by atomic mass is 10.0. The molecule has 0 atom stereocenters. The predicted molar refractivity (Wildman–Crippen MR) is 82.3 cm³/mol. The molecule has 2 N–H and O–H groups in total. The highest BCUT2D eigenvalue weighted by atomic mass is 16.5. The molecule has 2 aromatic rings. The fourth-order valence-corrected chi connectivity index (χ4v) is 2.27. The maximum absolute atomic E-state index is 6.12. The number of nitrogens with zero attached hydrogens (tertiary/aromatic N) is 2. The van der Waals surface area contributed by atoms with Crippen LogP contribution >= 0.6 is 0 Å². The largest absolute Gasteiger partial charge is 0.437 e. The Balaban J connectivity index is 2.44. The number of hydrogen-bond acceptors (Lipinski definition) is 3. The SMILES string of the molecule is CCc1nn(C)c(Oc2cc(C)ccc2C(C)C)c1N. The van der Waals surface area contributed by atoms with Crippen LogP contribution in [0, 0.1) is 6.92 Å². The van der Waals surface area contributed by atoms with Crippen LogP contribution in [-0.2, 0) is 13.5 Å². The van der Waals surface area contributed by atoms with Crippen molar-refractivity contribution < 1.29 is 4.74 Å². The van der Waals surface area contributed by atoms with Crippen LogP contribution in [0.1, 0.15) is 43.5 Å². The fraction of sp³-hybridized carbons (Fsp3) is 0.438. The first-order valence-corrected chi connectivity index (χ1v) is 7.03. The Morgan fingerprint density at radius 3 is 2.60 bits per heavy atom. The second kappa shape index (κ2) is 5.57. The van der Waals surface area contributed by atoms with Crippen LogP contribution < -0.4 is 10.5 Å². The summed E-state index contributed by atoms with van der Waals surface area (Å²) >= 11 is 0. The molecule has 0 bridgehead atoms. The summed E-state index contributed by atoms with van der Waals surface area (Å²) in [6.07, 6.45) is 0.799. The van der Waals surface area contributed by atoms with Crippen molar-refractivity contribution in [1.82, 2.24) is 9.78 Å². The fourth-order valence-electron chi connectivity index (χ4n) is 2.27. The van der Waals surface area contributed by atoms with Gasteiger partial charge in [-0.2, -0.15) is 5.10 Å². The molecule has 0 aliphatic heterocycles. The summed E-state index contributed by atoms with van der Waals surface area (Å²) in [7, 11) is 1.86. The van der Waals surface area contributed by atoms with Gasteiger partial charge in [-0.1, -0.05) is 32.9 Å². The topological polar surface area (TPSA) is 53.1 Å².